The Hall–Kier alpha value is -1.44. The molecule has 2 N–H and O–H groups in total. The van der Waals surface area contributed by atoms with Gasteiger partial charge in [0.05, 0.1) is 16.6 Å². The van der Waals surface area contributed by atoms with Crippen LogP contribution < -0.4 is 0 Å². The van der Waals surface area contributed by atoms with E-state index in [-0.39, 0.29) is 23.5 Å². The van der Waals surface area contributed by atoms with Gasteiger partial charge in [-0.2, -0.15) is 4.31 Å². The van der Waals surface area contributed by atoms with E-state index in [4.69, 9.17) is 5.11 Å². The summed E-state index contributed by atoms with van der Waals surface area (Å²) in [7, 11) is -3.73. The number of aryl methyl sites for hydroxylation is 1. The molecular weight excluding hydrogens is 270 g/mol. The van der Waals surface area contributed by atoms with Crippen LogP contribution in [0, 0.1) is 6.92 Å². The van der Waals surface area contributed by atoms with E-state index >= 15 is 0 Å². The highest BCUT2D eigenvalue weighted by molar-refractivity contribution is 7.89. The quantitative estimate of drug-likeness (QED) is 0.840. The monoisotopic (exact) mass is 285 g/mol. The molecule has 7 heteroatoms. The van der Waals surface area contributed by atoms with Crippen LogP contribution >= 0.6 is 0 Å². The van der Waals surface area contributed by atoms with Gasteiger partial charge in [-0.3, -0.25) is 0 Å². The second-order valence-electron chi connectivity index (χ2n) is 4.59. The Morgan fingerprint density at radius 2 is 2.11 bits per heavy atom. The fourth-order valence-electron chi connectivity index (χ4n) is 2.07. The number of β-amino-alcohol motifs (C(OH)–C–C–N with tert-alkyl or cyclic N) is 1. The minimum absolute atomic E-state index is 0.0270. The zero-order valence-corrected chi connectivity index (χ0v) is 11.2. The van der Waals surface area contributed by atoms with Gasteiger partial charge in [0.15, 0.2) is 0 Å². The van der Waals surface area contributed by atoms with Crippen LogP contribution in [-0.2, 0) is 10.0 Å². The number of carboxylic acids is 1. The highest BCUT2D eigenvalue weighted by Crippen LogP contribution is 2.23. The third kappa shape index (κ3) is 2.63. The molecule has 1 aromatic rings. The summed E-state index contributed by atoms with van der Waals surface area (Å²) < 4.78 is 25.8. The number of aliphatic hydroxyl groups is 1. The number of nitrogens with zero attached hydrogens (tertiary/aromatic N) is 1. The lowest BCUT2D eigenvalue weighted by atomic mass is 10.1. The lowest BCUT2D eigenvalue weighted by molar-refractivity contribution is 0.0696. The van der Waals surface area contributed by atoms with Crippen molar-refractivity contribution >= 4 is 16.0 Å². The fraction of sp³-hybridized carbons (Fsp3) is 0.417. The zero-order valence-electron chi connectivity index (χ0n) is 10.4. The van der Waals surface area contributed by atoms with Crippen molar-refractivity contribution in [3.63, 3.8) is 0 Å². The smallest absolute Gasteiger partial charge is 0.335 e. The third-order valence-corrected chi connectivity index (χ3v) is 5.06. The minimum atomic E-state index is -3.73. The number of rotatable bonds is 3. The minimum Gasteiger partial charge on any atom is -0.478 e. The lowest BCUT2D eigenvalue weighted by Gasteiger charge is -2.16. The van der Waals surface area contributed by atoms with Gasteiger partial charge in [0.2, 0.25) is 10.0 Å². The Bertz CT molecular complexity index is 611. The second kappa shape index (κ2) is 4.92. The molecule has 1 fully saturated rings. The molecule has 104 valence electrons. The summed E-state index contributed by atoms with van der Waals surface area (Å²) in [6.07, 6.45) is -0.254. The van der Waals surface area contributed by atoms with Gasteiger partial charge < -0.3 is 10.2 Å². The van der Waals surface area contributed by atoms with Gasteiger partial charge in [-0.05, 0) is 31.0 Å². The number of carbonyl (C=O) groups is 1. The van der Waals surface area contributed by atoms with Crippen LogP contribution in [0.4, 0.5) is 0 Å². The Labute approximate surface area is 111 Å². The Morgan fingerprint density at radius 1 is 1.42 bits per heavy atom. The van der Waals surface area contributed by atoms with Gasteiger partial charge in [-0.15, -0.1) is 0 Å². The topological polar surface area (TPSA) is 94.9 Å². The van der Waals surface area contributed by atoms with E-state index < -0.39 is 22.1 Å². The first kappa shape index (κ1) is 14.0. The van der Waals surface area contributed by atoms with Crippen LogP contribution in [0.2, 0.25) is 0 Å². The molecule has 19 heavy (non-hydrogen) atoms. The van der Waals surface area contributed by atoms with Crippen LogP contribution in [0.1, 0.15) is 22.3 Å². The predicted molar refractivity (Wildman–Crippen MR) is 67.5 cm³/mol. The summed E-state index contributed by atoms with van der Waals surface area (Å²) >= 11 is 0. The number of carboxylic acid groups (broad SMARTS) is 1. The molecular formula is C12H15NO5S. The van der Waals surface area contributed by atoms with Gasteiger partial charge in [0.25, 0.3) is 0 Å². The van der Waals surface area contributed by atoms with Crippen LogP contribution in [-0.4, -0.2) is 48.1 Å². The molecule has 2 rings (SSSR count). The first-order chi connectivity index (χ1) is 8.82. The summed E-state index contributed by atoms with van der Waals surface area (Å²) in [5.41, 5.74) is 0.480. The van der Waals surface area contributed by atoms with Gasteiger partial charge in [0, 0.05) is 13.1 Å². The Balaban J connectivity index is 2.41. The number of hydrogen-bond acceptors (Lipinski definition) is 4. The highest BCUT2D eigenvalue weighted by atomic mass is 32.2. The van der Waals surface area contributed by atoms with Crippen LogP contribution in [0.25, 0.3) is 0 Å². The summed E-state index contributed by atoms with van der Waals surface area (Å²) in [4.78, 5) is 11.0. The molecule has 1 heterocycles. The van der Waals surface area contributed by atoms with E-state index in [0.717, 1.165) is 6.07 Å². The van der Waals surface area contributed by atoms with E-state index in [1.54, 1.807) is 6.92 Å². The molecule has 1 aromatic carbocycles. The molecule has 0 saturated carbocycles. The van der Waals surface area contributed by atoms with Crippen molar-refractivity contribution in [1.82, 2.24) is 4.31 Å². The van der Waals surface area contributed by atoms with Gasteiger partial charge >= 0.3 is 5.97 Å². The number of benzene rings is 1. The second-order valence-corrected chi connectivity index (χ2v) is 6.53. The SMILES string of the molecule is Cc1ccc(S(=O)(=O)N2CCC(O)C2)cc1C(=O)O. The van der Waals surface area contributed by atoms with Crippen molar-refractivity contribution in [2.24, 2.45) is 0 Å². The van der Waals surface area contributed by atoms with Crippen LogP contribution in [0.5, 0.6) is 0 Å². The largest absolute Gasteiger partial charge is 0.478 e. The van der Waals surface area contributed by atoms with Crippen molar-refractivity contribution in [2.75, 3.05) is 13.1 Å². The maximum atomic E-state index is 12.3. The number of aromatic carboxylic acids is 1. The van der Waals surface area contributed by atoms with Gasteiger partial charge in [0.1, 0.15) is 0 Å². The van der Waals surface area contributed by atoms with E-state index in [0.29, 0.717) is 12.0 Å². The molecule has 1 aliphatic rings. The maximum Gasteiger partial charge on any atom is 0.335 e. The van der Waals surface area contributed by atoms with Crippen LogP contribution in [0.3, 0.4) is 0 Å². The van der Waals surface area contributed by atoms with Crippen LogP contribution in [0.15, 0.2) is 23.1 Å². The van der Waals surface area contributed by atoms with E-state index in [1.165, 1.54) is 16.4 Å². The fourth-order valence-corrected chi connectivity index (χ4v) is 3.59. The van der Waals surface area contributed by atoms with Crippen molar-refractivity contribution in [3.05, 3.63) is 29.3 Å². The molecule has 0 aromatic heterocycles. The molecule has 0 aliphatic carbocycles. The highest BCUT2D eigenvalue weighted by Gasteiger charge is 2.32. The van der Waals surface area contributed by atoms with E-state index in [2.05, 4.69) is 0 Å². The maximum absolute atomic E-state index is 12.3. The van der Waals surface area contributed by atoms with Crippen molar-refractivity contribution in [2.45, 2.75) is 24.3 Å². The van der Waals surface area contributed by atoms with Gasteiger partial charge in [-0.25, -0.2) is 13.2 Å². The number of aliphatic hydroxyl groups excluding tert-OH is 1. The zero-order chi connectivity index (χ0) is 14.2. The van der Waals surface area contributed by atoms with Crippen molar-refractivity contribution in [3.8, 4) is 0 Å². The summed E-state index contributed by atoms with van der Waals surface area (Å²) in [6.45, 7) is 1.91. The Morgan fingerprint density at radius 3 is 2.63 bits per heavy atom. The third-order valence-electron chi connectivity index (χ3n) is 3.20. The average molecular weight is 285 g/mol. The number of hydrogen-bond donors (Lipinski definition) is 2. The summed E-state index contributed by atoms with van der Waals surface area (Å²) in [6, 6.07) is 4.03. The summed E-state index contributed by atoms with van der Waals surface area (Å²) in [5.74, 6) is -1.16. The van der Waals surface area contributed by atoms with Crippen molar-refractivity contribution in [1.29, 1.82) is 0 Å². The Kier molecular flexibility index (Phi) is 3.62. The predicted octanol–water partition coefficient (Wildman–Crippen LogP) is 0.449. The molecule has 1 unspecified atom stereocenters. The average Bonchev–Trinajstić information content (AvgIpc) is 2.76. The molecule has 1 saturated heterocycles. The molecule has 0 amide bonds. The van der Waals surface area contributed by atoms with E-state index in [1.807, 2.05) is 0 Å². The molecule has 1 aliphatic heterocycles. The molecule has 6 nitrogen and oxygen atoms in total. The first-order valence-corrected chi connectivity index (χ1v) is 7.28. The summed E-state index contributed by atoms with van der Waals surface area (Å²) in [5, 5.41) is 18.4. The van der Waals surface area contributed by atoms with Gasteiger partial charge in [-0.1, -0.05) is 6.07 Å². The van der Waals surface area contributed by atoms with E-state index in [9.17, 15) is 18.3 Å². The number of sulfonamides is 1. The molecule has 0 bridgehead atoms. The van der Waals surface area contributed by atoms with Crippen molar-refractivity contribution < 1.29 is 23.4 Å². The normalized spacial score (nSPS) is 20.6. The molecule has 0 radical (unpaired) electrons. The molecule has 0 spiro atoms. The first-order valence-electron chi connectivity index (χ1n) is 5.84. The lowest BCUT2D eigenvalue weighted by Crippen LogP contribution is -2.29. The standard InChI is InChI=1S/C12H15NO5S/c1-8-2-3-10(6-11(8)12(15)16)19(17,18)13-5-4-9(14)7-13/h2-3,6,9,14H,4-5,7H2,1H3,(H,15,16). The molecule has 1 atom stereocenters.